The van der Waals surface area contributed by atoms with Crippen LogP contribution in [0.3, 0.4) is 0 Å². The highest BCUT2D eigenvalue weighted by molar-refractivity contribution is 7.23. The number of carbonyl (C=O) groups excluding carboxylic acids is 1. The first-order valence-electron chi connectivity index (χ1n) is 18.0. The molecule has 4 aliphatic rings. The van der Waals surface area contributed by atoms with Crippen molar-refractivity contribution in [3.05, 3.63) is 41.0 Å². The zero-order valence-corrected chi connectivity index (χ0v) is 30.7. The second kappa shape index (κ2) is 16.4. The van der Waals surface area contributed by atoms with Crippen molar-refractivity contribution in [1.82, 2.24) is 19.8 Å². The van der Waals surface area contributed by atoms with E-state index in [1.807, 2.05) is 4.90 Å². The van der Waals surface area contributed by atoms with Gasteiger partial charge < -0.3 is 25.4 Å². The van der Waals surface area contributed by atoms with Crippen molar-refractivity contribution < 1.29 is 40.6 Å². The summed E-state index contributed by atoms with van der Waals surface area (Å²) in [6, 6.07) is 4.75. The quantitative estimate of drug-likeness (QED) is 0.191. The van der Waals surface area contributed by atoms with Crippen LogP contribution in [0.1, 0.15) is 69.4 Å². The Labute approximate surface area is 312 Å². The summed E-state index contributed by atoms with van der Waals surface area (Å²) < 4.78 is 95.5. The third kappa shape index (κ3) is 8.09. The van der Waals surface area contributed by atoms with E-state index in [9.17, 15) is 32.0 Å². The van der Waals surface area contributed by atoms with E-state index in [-0.39, 0.29) is 62.2 Å². The van der Waals surface area contributed by atoms with Gasteiger partial charge in [-0.3, -0.25) is 4.90 Å². The minimum absolute atomic E-state index is 0.0444. The standard InChI is InChI=1S/C21H14F5N5OS.C9H15NO2.C7H12FN/c1-3-29-19-9-6-11(21(24,25)26)14(15(23)16(9)30-20(31-19)32-2)8-4-5-12(22)17-13(8)10(7-27)18(28)33-17;11-9(10-6-1-2-7-10)12-8-4-3-5-8;8-6-4-7-2-1-3-9(7)5-6/h4-6H,3,28H2,1-2H3,(H,29,30,31);8H,1-7H2;6-7H,1-5H2. The number of alkyl halides is 4. The van der Waals surface area contributed by atoms with Gasteiger partial charge >= 0.3 is 18.3 Å². The number of nitrogens with one attached hydrogen (secondary N) is 1. The van der Waals surface area contributed by atoms with E-state index in [4.69, 9.17) is 15.2 Å². The highest BCUT2D eigenvalue weighted by Crippen LogP contribution is 2.47. The number of nitrogens with zero attached hydrogens (tertiary/aromatic N) is 5. The Bertz CT molecular complexity index is 2030. The van der Waals surface area contributed by atoms with Crippen molar-refractivity contribution in [2.24, 2.45) is 0 Å². The molecule has 2 aromatic heterocycles. The Morgan fingerprint density at radius 2 is 1.85 bits per heavy atom. The number of nitriles is 1. The number of nitrogen functional groups attached to an aromatic ring is 1. The first-order chi connectivity index (χ1) is 25.8. The normalized spacial score (nSPS) is 19.7. The largest absolute Gasteiger partial charge is 0.467 e. The number of aromatic nitrogens is 2. The number of thiophene rings is 1. The van der Waals surface area contributed by atoms with Gasteiger partial charge in [-0.2, -0.15) is 28.4 Å². The van der Waals surface area contributed by atoms with Crippen LogP contribution in [0, 0.1) is 23.0 Å². The van der Waals surface area contributed by atoms with E-state index in [0.717, 1.165) is 69.9 Å². The predicted molar refractivity (Wildman–Crippen MR) is 194 cm³/mol. The average molecular weight is 778 g/mol. The number of ether oxygens (including phenoxy) is 2. The lowest BCUT2D eigenvalue weighted by molar-refractivity contribution is -0.137. The molecule has 4 fully saturated rings. The molecule has 4 aromatic rings. The number of nitrogens with two attached hydrogens (primary N) is 1. The number of hydrogen-bond donors (Lipinski definition) is 2. The van der Waals surface area contributed by atoms with Crippen LogP contribution >= 0.6 is 11.3 Å². The Hall–Kier alpha value is -4.56. The lowest BCUT2D eigenvalue weighted by Crippen LogP contribution is -2.34. The van der Waals surface area contributed by atoms with Gasteiger partial charge in [0, 0.05) is 48.6 Å². The number of likely N-dealkylation sites (tertiary alicyclic amines) is 1. The fourth-order valence-corrected chi connectivity index (χ4v) is 8.18. The maximum atomic E-state index is 15.9. The molecule has 290 valence electrons. The van der Waals surface area contributed by atoms with E-state index < -0.39 is 40.6 Å². The summed E-state index contributed by atoms with van der Waals surface area (Å²) >= 11 is 0.698. The summed E-state index contributed by atoms with van der Waals surface area (Å²) in [6.07, 6.45) is 3.60. The molecule has 0 bridgehead atoms. The van der Waals surface area contributed by atoms with Gasteiger partial charge in [-0.15, -0.1) is 11.3 Å². The summed E-state index contributed by atoms with van der Waals surface area (Å²) in [5, 5.41) is 11.8. The van der Waals surface area contributed by atoms with Gasteiger partial charge in [0.05, 0.1) is 22.9 Å². The van der Waals surface area contributed by atoms with Crippen LogP contribution in [0.2, 0.25) is 0 Å². The second-order valence-electron chi connectivity index (χ2n) is 13.6. The van der Waals surface area contributed by atoms with Crippen molar-refractivity contribution in [2.75, 3.05) is 50.9 Å². The van der Waals surface area contributed by atoms with Crippen molar-refractivity contribution in [3.63, 3.8) is 0 Å². The number of carbonyl (C=O) groups is 1. The Morgan fingerprint density at radius 3 is 2.46 bits per heavy atom. The Kier molecular flexibility index (Phi) is 11.9. The SMILES string of the molecule is CCNc1nc(OC)nc2c(F)c(-c3ccc(F)c4sc(N)c(C#N)c34)c(C(F)(F)F)cc12.FC1CC2CCCN2C1.O=C(OC1CCC1)N1CCCC1. The second-order valence-corrected chi connectivity index (χ2v) is 14.7. The van der Waals surface area contributed by atoms with Crippen LogP contribution in [-0.2, 0) is 10.9 Å². The summed E-state index contributed by atoms with van der Waals surface area (Å²) in [7, 11) is 1.23. The molecule has 3 aliphatic heterocycles. The molecule has 2 unspecified atom stereocenters. The third-order valence-electron chi connectivity index (χ3n) is 10.1. The monoisotopic (exact) mass is 777 g/mol. The molecule has 5 heterocycles. The number of methoxy groups -OCH3 is 1. The van der Waals surface area contributed by atoms with E-state index in [0.29, 0.717) is 23.9 Å². The number of halogens is 6. The summed E-state index contributed by atoms with van der Waals surface area (Å²) in [6.45, 7) is 5.63. The van der Waals surface area contributed by atoms with Gasteiger partial charge in [-0.1, -0.05) is 6.07 Å². The molecule has 1 amide bonds. The van der Waals surface area contributed by atoms with Crippen LogP contribution in [0.15, 0.2) is 18.2 Å². The van der Waals surface area contributed by atoms with Gasteiger partial charge in [0.1, 0.15) is 40.5 Å². The summed E-state index contributed by atoms with van der Waals surface area (Å²) in [5.41, 5.74) is 2.59. The Balaban J connectivity index is 0.000000189. The van der Waals surface area contributed by atoms with Crippen LogP contribution in [0.4, 0.5) is 42.0 Å². The van der Waals surface area contributed by atoms with Crippen LogP contribution in [-0.4, -0.2) is 84.0 Å². The molecule has 1 saturated carbocycles. The number of anilines is 2. The van der Waals surface area contributed by atoms with Crippen molar-refractivity contribution in [3.8, 4) is 23.2 Å². The molecule has 3 saturated heterocycles. The first-order valence-corrected chi connectivity index (χ1v) is 18.8. The fraction of sp³-hybridized carbons (Fsp3) is 0.514. The maximum Gasteiger partial charge on any atom is 0.417 e. The van der Waals surface area contributed by atoms with Crippen molar-refractivity contribution in [1.29, 1.82) is 5.26 Å². The summed E-state index contributed by atoms with van der Waals surface area (Å²) in [4.78, 5) is 23.3. The van der Waals surface area contributed by atoms with Crippen LogP contribution in [0.25, 0.3) is 32.1 Å². The minimum Gasteiger partial charge on any atom is -0.467 e. The molecule has 1 aliphatic carbocycles. The van der Waals surface area contributed by atoms with E-state index in [1.165, 1.54) is 26.4 Å². The molecule has 10 nitrogen and oxygen atoms in total. The Morgan fingerprint density at radius 1 is 1.11 bits per heavy atom. The van der Waals surface area contributed by atoms with Gasteiger partial charge in [0.2, 0.25) is 0 Å². The van der Waals surface area contributed by atoms with Crippen molar-refractivity contribution >= 4 is 49.2 Å². The summed E-state index contributed by atoms with van der Waals surface area (Å²) in [5.74, 6) is -2.15. The molecule has 0 spiro atoms. The zero-order chi connectivity index (χ0) is 38.7. The zero-order valence-electron chi connectivity index (χ0n) is 29.9. The molecular formula is C37H41F6N7O3S. The number of hydrogen-bond acceptors (Lipinski definition) is 10. The molecule has 2 atom stereocenters. The minimum atomic E-state index is -5.00. The number of fused-ring (bicyclic) bond motifs is 3. The smallest absolute Gasteiger partial charge is 0.417 e. The average Bonchev–Trinajstić information content (AvgIpc) is 3.93. The highest BCUT2D eigenvalue weighted by Gasteiger charge is 2.38. The molecule has 8 rings (SSSR count). The van der Waals surface area contributed by atoms with Crippen LogP contribution < -0.4 is 15.8 Å². The van der Waals surface area contributed by atoms with Gasteiger partial charge in [0.15, 0.2) is 5.82 Å². The molecule has 17 heteroatoms. The maximum absolute atomic E-state index is 15.9. The fourth-order valence-electron chi connectivity index (χ4n) is 7.23. The molecular weight excluding hydrogens is 737 g/mol. The van der Waals surface area contributed by atoms with E-state index >= 15 is 4.39 Å². The third-order valence-corrected chi connectivity index (χ3v) is 11.1. The van der Waals surface area contributed by atoms with E-state index in [1.54, 1.807) is 13.0 Å². The van der Waals surface area contributed by atoms with Crippen LogP contribution in [0.5, 0.6) is 6.01 Å². The van der Waals surface area contributed by atoms with Gasteiger partial charge in [-0.25, -0.2) is 18.0 Å². The molecule has 3 N–H and O–H groups in total. The first kappa shape index (κ1) is 39.1. The van der Waals surface area contributed by atoms with E-state index in [2.05, 4.69) is 20.2 Å². The topological polar surface area (TPSA) is 130 Å². The molecule has 0 radical (unpaired) electrons. The van der Waals surface area contributed by atoms with Gasteiger partial charge in [0.25, 0.3) is 0 Å². The number of amides is 1. The van der Waals surface area contributed by atoms with Gasteiger partial charge in [-0.05, 0) is 82.5 Å². The molecule has 54 heavy (non-hydrogen) atoms. The lowest BCUT2D eigenvalue weighted by Gasteiger charge is -2.27. The lowest BCUT2D eigenvalue weighted by atomic mass is 9.92. The number of rotatable bonds is 5. The highest BCUT2D eigenvalue weighted by atomic mass is 32.1. The number of benzene rings is 2. The molecule has 2 aromatic carbocycles. The predicted octanol–water partition coefficient (Wildman–Crippen LogP) is 8.67. The van der Waals surface area contributed by atoms with Crippen molar-refractivity contribution in [2.45, 2.75) is 82.8 Å².